The summed E-state index contributed by atoms with van der Waals surface area (Å²) in [5.41, 5.74) is 4.83. The monoisotopic (exact) mass is 481 g/mol. The minimum Gasteiger partial charge on any atom is -0.479 e. The molecule has 0 saturated heterocycles. The van der Waals surface area contributed by atoms with Crippen LogP contribution < -0.4 is 5.32 Å². The Balaban J connectivity index is 1.50. The number of carboxylic acid groups (broad SMARTS) is 1. The predicted molar refractivity (Wildman–Crippen MR) is 119 cm³/mol. The summed E-state index contributed by atoms with van der Waals surface area (Å²) in [6.07, 6.45) is -2.61. The smallest absolute Gasteiger partial charge is 0.407 e. The van der Waals surface area contributed by atoms with Gasteiger partial charge in [-0.25, -0.2) is 9.59 Å². The Labute approximate surface area is 187 Å². The summed E-state index contributed by atoms with van der Waals surface area (Å²) in [4.78, 5) is 23.9. The number of hydrogen-bond acceptors (Lipinski definition) is 4. The molecule has 0 fully saturated rings. The van der Waals surface area contributed by atoms with Crippen LogP contribution in [0.3, 0.4) is 0 Å². The highest BCUT2D eigenvalue weighted by atomic mass is 79.9. The van der Waals surface area contributed by atoms with Gasteiger partial charge in [-0.05, 0) is 39.9 Å². The molecule has 0 saturated carbocycles. The summed E-state index contributed by atoms with van der Waals surface area (Å²) in [7, 11) is 0. The number of nitrogens with one attached hydrogen (secondary N) is 1. The van der Waals surface area contributed by atoms with Gasteiger partial charge < -0.3 is 20.3 Å². The van der Waals surface area contributed by atoms with Gasteiger partial charge in [0.2, 0.25) is 0 Å². The number of aliphatic hydroxyl groups excluding tert-OH is 1. The van der Waals surface area contributed by atoms with Crippen LogP contribution in [-0.2, 0) is 9.53 Å². The first-order valence-corrected chi connectivity index (χ1v) is 10.5. The topological polar surface area (TPSA) is 95.9 Å². The number of fused-ring (bicyclic) bond motifs is 3. The van der Waals surface area contributed by atoms with Crippen LogP contribution >= 0.6 is 15.9 Å². The fourth-order valence-corrected chi connectivity index (χ4v) is 4.19. The highest BCUT2D eigenvalue weighted by Gasteiger charge is 2.31. The van der Waals surface area contributed by atoms with Gasteiger partial charge in [-0.1, -0.05) is 76.6 Å². The minimum atomic E-state index is -1.82. The second-order valence-corrected chi connectivity index (χ2v) is 8.20. The van der Waals surface area contributed by atoms with E-state index in [1.807, 2.05) is 48.5 Å². The first-order chi connectivity index (χ1) is 15.0. The predicted octanol–water partition coefficient (Wildman–Crippen LogP) is 4.47. The molecule has 31 heavy (non-hydrogen) atoms. The van der Waals surface area contributed by atoms with Crippen LogP contribution in [0.1, 0.15) is 28.7 Å². The molecule has 0 radical (unpaired) electrons. The lowest BCUT2D eigenvalue weighted by Crippen LogP contribution is -2.40. The lowest BCUT2D eigenvalue weighted by atomic mass is 9.98. The van der Waals surface area contributed by atoms with E-state index in [1.54, 1.807) is 24.3 Å². The fraction of sp³-hybridized carbons (Fsp3) is 0.167. The number of hydrogen-bond donors (Lipinski definition) is 3. The zero-order valence-electron chi connectivity index (χ0n) is 16.4. The number of ether oxygens (including phenoxy) is 1. The molecule has 2 atom stereocenters. The maximum absolute atomic E-state index is 12.6. The first-order valence-electron chi connectivity index (χ1n) is 9.73. The van der Waals surface area contributed by atoms with Crippen LogP contribution in [-0.4, -0.2) is 35.0 Å². The number of aliphatic hydroxyl groups is 1. The number of carboxylic acids is 1. The van der Waals surface area contributed by atoms with Crippen molar-refractivity contribution in [1.29, 1.82) is 0 Å². The van der Waals surface area contributed by atoms with Gasteiger partial charge in [0.05, 0.1) is 6.04 Å². The lowest BCUT2D eigenvalue weighted by Gasteiger charge is -2.22. The maximum atomic E-state index is 12.6. The Morgan fingerprint density at radius 3 is 2.03 bits per heavy atom. The first kappa shape index (κ1) is 21.1. The third-order valence-corrected chi connectivity index (χ3v) is 5.94. The third-order valence-electron chi connectivity index (χ3n) is 5.41. The summed E-state index contributed by atoms with van der Waals surface area (Å²) in [5, 5.41) is 21.9. The van der Waals surface area contributed by atoms with Gasteiger partial charge in [0.1, 0.15) is 6.61 Å². The van der Waals surface area contributed by atoms with Crippen molar-refractivity contribution in [1.82, 2.24) is 5.32 Å². The SMILES string of the molecule is O=C(N[C@@H](c1ccc(Br)cc1)[C@H](O)C(=O)O)OCC1c2ccccc2-c2ccccc21. The van der Waals surface area contributed by atoms with Crippen LogP contribution in [0.5, 0.6) is 0 Å². The molecule has 1 aliphatic carbocycles. The van der Waals surface area contributed by atoms with Gasteiger partial charge in [0.15, 0.2) is 6.10 Å². The lowest BCUT2D eigenvalue weighted by molar-refractivity contribution is -0.148. The average Bonchev–Trinajstić information content (AvgIpc) is 3.10. The normalized spacial score (nSPS) is 14.3. The Bertz CT molecular complexity index is 1070. The minimum absolute atomic E-state index is 0.0933. The van der Waals surface area contributed by atoms with Crippen molar-refractivity contribution >= 4 is 28.0 Å². The average molecular weight is 482 g/mol. The number of carbonyl (C=O) groups is 2. The fourth-order valence-electron chi connectivity index (χ4n) is 3.92. The van der Waals surface area contributed by atoms with Gasteiger partial charge in [-0.15, -0.1) is 0 Å². The van der Waals surface area contributed by atoms with Crippen molar-refractivity contribution in [2.45, 2.75) is 18.1 Å². The molecule has 1 aliphatic rings. The third kappa shape index (κ3) is 4.33. The van der Waals surface area contributed by atoms with E-state index in [0.717, 1.165) is 26.7 Å². The zero-order chi connectivity index (χ0) is 22.0. The molecule has 6 nitrogen and oxygen atoms in total. The zero-order valence-corrected chi connectivity index (χ0v) is 18.0. The molecule has 0 spiro atoms. The second kappa shape index (κ2) is 8.91. The van der Waals surface area contributed by atoms with Crippen LogP contribution in [0.2, 0.25) is 0 Å². The molecule has 4 rings (SSSR count). The summed E-state index contributed by atoms with van der Waals surface area (Å²) in [6.45, 7) is 0.0933. The van der Waals surface area contributed by atoms with E-state index in [2.05, 4.69) is 21.2 Å². The number of aliphatic carboxylic acids is 1. The van der Waals surface area contributed by atoms with E-state index in [-0.39, 0.29) is 12.5 Å². The van der Waals surface area contributed by atoms with Crippen molar-refractivity contribution in [2.24, 2.45) is 0 Å². The van der Waals surface area contributed by atoms with E-state index in [4.69, 9.17) is 4.74 Å². The molecule has 3 N–H and O–H groups in total. The number of rotatable bonds is 6. The Morgan fingerprint density at radius 1 is 0.935 bits per heavy atom. The standard InChI is InChI=1S/C24H20BrNO5/c25-15-11-9-14(10-12-15)21(22(27)23(28)29)26-24(30)31-13-20-18-7-3-1-5-16(18)17-6-2-4-8-19(17)20/h1-12,20-22,27H,13H2,(H,26,30)(H,28,29)/t21-,22-/m0/s1. The van der Waals surface area contributed by atoms with Gasteiger partial charge in [0.25, 0.3) is 0 Å². The Kier molecular flexibility index (Phi) is 6.06. The van der Waals surface area contributed by atoms with Crippen molar-refractivity contribution in [2.75, 3.05) is 6.61 Å². The van der Waals surface area contributed by atoms with E-state index < -0.39 is 24.2 Å². The van der Waals surface area contributed by atoms with Crippen molar-refractivity contribution in [3.63, 3.8) is 0 Å². The number of carbonyl (C=O) groups excluding carboxylic acids is 1. The molecular weight excluding hydrogens is 462 g/mol. The largest absolute Gasteiger partial charge is 0.479 e. The van der Waals surface area contributed by atoms with E-state index >= 15 is 0 Å². The molecular formula is C24H20BrNO5. The summed E-state index contributed by atoms with van der Waals surface area (Å²) < 4.78 is 6.27. The molecule has 158 valence electrons. The summed E-state index contributed by atoms with van der Waals surface area (Å²) >= 11 is 3.31. The second-order valence-electron chi connectivity index (χ2n) is 7.28. The van der Waals surface area contributed by atoms with Gasteiger partial charge >= 0.3 is 12.1 Å². The molecule has 3 aromatic carbocycles. The quantitative estimate of drug-likeness (QED) is 0.482. The van der Waals surface area contributed by atoms with Gasteiger partial charge in [0, 0.05) is 10.4 Å². The molecule has 0 aliphatic heterocycles. The molecule has 7 heteroatoms. The van der Waals surface area contributed by atoms with E-state index in [0.29, 0.717) is 5.56 Å². The molecule has 0 bridgehead atoms. The number of benzene rings is 3. The van der Waals surface area contributed by atoms with Crippen molar-refractivity contribution in [3.05, 3.63) is 94.0 Å². The number of halogens is 1. The number of alkyl carbamates (subject to hydrolysis) is 1. The summed E-state index contributed by atoms with van der Waals surface area (Å²) in [6, 6.07) is 21.5. The molecule has 0 aromatic heterocycles. The Morgan fingerprint density at radius 2 is 1.48 bits per heavy atom. The molecule has 3 aromatic rings. The van der Waals surface area contributed by atoms with E-state index in [1.165, 1.54) is 0 Å². The van der Waals surface area contributed by atoms with Gasteiger partial charge in [-0.2, -0.15) is 0 Å². The number of amides is 1. The maximum Gasteiger partial charge on any atom is 0.407 e. The highest BCUT2D eigenvalue weighted by Crippen LogP contribution is 2.44. The van der Waals surface area contributed by atoms with Gasteiger partial charge in [-0.3, -0.25) is 0 Å². The summed E-state index contributed by atoms with van der Waals surface area (Å²) in [5.74, 6) is -1.56. The van der Waals surface area contributed by atoms with Crippen LogP contribution in [0.25, 0.3) is 11.1 Å². The van der Waals surface area contributed by atoms with Crippen LogP contribution in [0, 0.1) is 0 Å². The molecule has 0 unspecified atom stereocenters. The molecule has 0 heterocycles. The van der Waals surface area contributed by atoms with Crippen molar-refractivity contribution in [3.8, 4) is 11.1 Å². The molecule has 1 amide bonds. The Hall–Kier alpha value is -3.16. The highest BCUT2D eigenvalue weighted by molar-refractivity contribution is 9.10. The van der Waals surface area contributed by atoms with Crippen LogP contribution in [0.15, 0.2) is 77.3 Å². The van der Waals surface area contributed by atoms with E-state index in [9.17, 15) is 19.8 Å². The van der Waals surface area contributed by atoms with Crippen LogP contribution in [0.4, 0.5) is 4.79 Å². The van der Waals surface area contributed by atoms with Crippen molar-refractivity contribution < 1.29 is 24.5 Å².